The van der Waals surface area contributed by atoms with Gasteiger partial charge in [-0.2, -0.15) is 0 Å². The number of hydrogen-bond donors (Lipinski definition) is 0. The zero-order valence-electron chi connectivity index (χ0n) is 26.4. The number of aromatic nitrogens is 4. The molecule has 0 atom stereocenters. The summed E-state index contributed by atoms with van der Waals surface area (Å²) < 4.78 is 6.30. The Balaban J connectivity index is 1.25. The van der Waals surface area contributed by atoms with Gasteiger partial charge in [0, 0.05) is 22.3 Å². The molecule has 0 bridgehead atoms. The predicted octanol–water partition coefficient (Wildman–Crippen LogP) is 11.2. The van der Waals surface area contributed by atoms with Crippen LogP contribution in [0.2, 0.25) is 0 Å². The third kappa shape index (κ3) is 5.43. The third-order valence-corrected chi connectivity index (χ3v) is 8.78. The van der Waals surface area contributed by atoms with E-state index in [1.54, 1.807) is 0 Å². The van der Waals surface area contributed by atoms with E-state index < -0.39 is 0 Å². The molecule has 7 aromatic carbocycles. The van der Waals surface area contributed by atoms with Gasteiger partial charge in [-0.15, -0.1) is 0 Å². The van der Waals surface area contributed by atoms with E-state index in [2.05, 4.69) is 72.8 Å². The first-order chi connectivity index (χ1) is 24.3. The largest absolute Gasteiger partial charge is 0.436 e. The Hall–Kier alpha value is -6.72. The van der Waals surface area contributed by atoms with Gasteiger partial charge in [0.2, 0.25) is 5.89 Å². The maximum atomic E-state index is 6.30. The molecule has 5 heteroatoms. The lowest BCUT2D eigenvalue weighted by molar-refractivity contribution is 0.620. The van der Waals surface area contributed by atoms with Gasteiger partial charge in [-0.25, -0.2) is 19.9 Å². The van der Waals surface area contributed by atoms with Crippen molar-refractivity contribution >= 4 is 21.9 Å². The van der Waals surface area contributed by atoms with Crippen molar-refractivity contribution in [3.05, 3.63) is 170 Å². The summed E-state index contributed by atoms with van der Waals surface area (Å²) in [4.78, 5) is 19.7. The molecule has 0 aliphatic heterocycles. The van der Waals surface area contributed by atoms with E-state index in [0.717, 1.165) is 55.6 Å². The molecule has 0 radical (unpaired) electrons. The van der Waals surface area contributed by atoms with E-state index in [0.29, 0.717) is 23.4 Å². The highest BCUT2D eigenvalue weighted by Gasteiger charge is 2.18. The Labute approximate surface area is 283 Å². The van der Waals surface area contributed by atoms with Crippen LogP contribution in [0, 0.1) is 0 Å². The predicted molar refractivity (Wildman–Crippen MR) is 198 cm³/mol. The van der Waals surface area contributed by atoms with Gasteiger partial charge >= 0.3 is 0 Å². The zero-order valence-corrected chi connectivity index (χ0v) is 26.4. The molecule has 9 aromatic rings. The maximum Gasteiger partial charge on any atom is 0.227 e. The summed E-state index contributed by atoms with van der Waals surface area (Å²) in [6.45, 7) is 0. The molecule has 49 heavy (non-hydrogen) atoms. The molecule has 2 heterocycles. The molecule has 0 N–H and O–H groups in total. The summed E-state index contributed by atoms with van der Waals surface area (Å²) in [5.41, 5.74) is 9.56. The quantitative estimate of drug-likeness (QED) is 0.183. The zero-order chi connectivity index (χ0) is 32.6. The molecule has 0 saturated heterocycles. The van der Waals surface area contributed by atoms with Gasteiger partial charge in [0.05, 0.1) is 0 Å². The van der Waals surface area contributed by atoms with Gasteiger partial charge in [0.15, 0.2) is 23.1 Å². The molecule has 0 saturated carbocycles. The van der Waals surface area contributed by atoms with Crippen LogP contribution in [0.4, 0.5) is 0 Å². The van der Waals surface area contributed by atoms with Crippen LogP contribution in [0.3, 0.4) is 0 Å². The van der Waals surface area contributed by atoms with Crippen LogP contribution in [0.25, 0.3) is 89.7 Å². The van der Waals surface area contributed by atoms with Crippen LogP contribution in [0.5, 0.6) is 0 Å². The maximum absolute atomic E-state index is 6.30. The molecular weight excluding hydrogens is 601 g/mol. The molecule has 0 spiro atoms. The van der Waals surface area contributed by atoms with Crippen LogP contribution in [0.15, 0.2) is 174 Å². The first-order valence-corrected chi connectivity index (χ1v) is 16.2. The van der Waals surface area contributed by atoms with E-state index in [4.69, 9.17) is 24.4 Å². The SMILES string of the molecule is c1ccc(-c2nc(-c3ccccc3)nc(-c3ccc(-c4ccc5nc(-c6ccccc6)oc5c4)c(-c4cccc5ccccc45)c3)n2)cc1. The van der Waals surface area contributed by atoms with Crippen molar-refractivity contribution in [3.63, 3.8) is 0 Å². The van der Waals surface area contributed by atoms with E-state index in [-0.39, 0.29) is 0 Å². The molecule has 5 nitrogen and oxygen atoms in total. The Morgan fingerprint density at radius 2 is 0.918 bits per heavy atom. The van der Waals surface area contributed by atoms with E-state index >= 15 is 0 Å². The summed E-state index contributed by atoms with van der Waals surface area (Å²) in [6.07, 6.45) is 0. The van der Waals surface area contributed by atoms with Crippen LogP contribution in [-0.2, 0) is 0 Å². The molecule has 230 valence electrons. The van der Waals surface area contributed by atoms with Crippen LogP contribution < -0.4 is 0 Å². The van der Waals surface area contributed by atoms with Crippen LogP contribution >= 0.6 is 0 Å². The van der Waals surface area contributed by atoms with Gasteiger partial charge in [0.25, 0.3) is 0 Å². The van der Waals surface area contributed by atoms with Gasteiger partial charge in [-0.3, -0.25) is 0 Å². The number of benzene rings is 7. The molecular formula is C44H28N4O. The summed E-state index contributed by atoms with van der Waals surface area (Å²) in [5, 5.41) is 2.34. The Bertz CT molecular complexity index is 2530. The van der Waals surface area contributed by atoms with Gasteiger partial charge < -0.3 is 4.42 Å². The Morgan fingerprint density at radius 1 is 0.347 bits per heavy atom. The molecule has 0 amide bonds. The van der Waals surface area contributed by atoms with E-state index in [1.807, 2.05) is 97.1 Å². The van der Waals surface area contributed by atoms with Crippen molar-refractivity contribution in [2.75, 3.05) is 0 Å². The average Bonchev–Trinajstić information content (AvgIpc) is 3.62. The smallest absolute Gasteiger partial charge is 0.227 e. The fourth-order valence-corrected chi connectivity index (χ4v) is 6.35. The number of hydrogen-bond acceptors (Lipinski definition) is 5. The first-order valence-electron chi connectivity index (χ1n) is 16.2. The highest BCUT2D eigenvalue weighted by molar-refractivity contribution is 6.02. The van der Waals surface area contributed by atoms with Gasteiger partial charge in [-0.05, 0) is 63.4 Å². The summed E-state index contributed by atoms with van der Waals surface area (Å²) in [7, 11) is 0. The molecule has 2 aromatic heterocycles. The molecule has 0 unspecified atom stereocenters. The van der Waals surface area contributed by atoms with Crippen LogP contribution in [0.1, 0.15) is 0 Å². The minimum absolute atomic E-state index is 0.607. The molecule has 0 fully saturated rings. The van der Waals surface area contributed by atoms with Crippen molar-refractivity contribution in [1.82, 2.24) is 19.9 Å². The average molecular weight is 629 g/mol. The highest BCUT2D eigenvalue weighted by Crippen LogP contribution is 2.40. The monoisotopic (exact) mass is 628 g/mol. The topological polar surface area (TPSA) is 64.7 Å². The number of nitrogens with zero attached hydrogens (tertiary/aromatic N) is 4. The van der Waals surface area contributed by atoms with Gasteiger partial charge in [0.1, 0.15) is 5.52 Å². The number of rotatable bonds is 6. The minimum atomic E-state index is 0.607. The fraction of sp³-hybridized carbons (Fsp3) is 0. The van der Waals surface area contributed by atoms with E-state index in [1.165, 1.54) is 10.8 Å². The third-order valence-electron chi connectivity index (χ3n) is 8.78. The molecule has 0 aliphatic carbocycles. The second kappa shape index (κ2) is 12.1. The van der Waals surface area contributed by atoms with E-state index in [9.17, 15) is 0 Å². The second-order valence-corrected chi connectivity index (χ2v) is 11.9. The van der Waals surface area contributed by atoms with Crippen molar-refractivity contribution in [2.24, 2.45) is 0 Å². The van der Waals surface area contributed by atoms with Crippen molar-refractivity contribution in [2.45, 2.75) is 0 Å². The molecule has 0 aliphatic rings. The standard InChI is InChI=1S/C44H28N4O/c1-4-14-30(15-5-1)41-46-42(31-16-6-2-7-17-31)48-43(47-41)34-23-25-36(38(27-34)37-22-12-20-29-13-10-11-21-35(29)37)33-24-26-39-40(28-33)49-44(45-39)32-18-8-3-9-19-32/h1-28H. The van der Waals surface area contributed by atoms with Crippen LogP contribution in [-0.4, -0.2) is 19.9 Å². The van der Waals surface area contributed by atoms with Crippen molar-refractivity contribution in [1.29, 1.82) is 0 Å². The number of oxazole rings is 1. The van der Waals surface area contributed by atoms with Crippen molar-refractivity contribution in [3.8, 4) is 67.9 Å². The Kier molecular flexibility index (Phi) is 7.06. The minimum Gasteiger partial charge on any atom is -0.436 e. The fourth-order valence-electron chi connectivity index (χ4n) is 6.35. The Morgan fingerprint density at radius 3 is 1.61 bits per heavy atom. The summed E-state index contributed by atoms with van der Waals surface area (Å²) >= 11 is 0. The summed E-state index contributed by atoms with van der Waals surface area (Å²) in [6, 6.07) is 57.8. The highest BCUT2D eigenvalue weighted by atomic mass is 16.3. The summed E-state index contributed by atoms with van der Waals surface area (Å²) in [5.74, 6) is 2.48. The lowest BCUT2D eigenvalue weighted by Gasteiger charge is -2.15. The normalized spacial score (nSPS) is 11.3. The molecule has 9 rings (SSSR count). The van der Waals surface area contributed by atoms with Crippen molar-refractivity contribution < 1.29 is 4.42 Å². The van der Waals surface area contributed by atoms with Gasteiger partial charge in [-0.1, -0.05) is 140 Å². The first kappa shape index (κ1) is 28.5. The lowest BCUT2D eigenvalue weighted by Crippen LogP contribution is -2.00. The second-order valence-electron chi connectivity index (χ2n) is 11.9. The number of fused-ring (bicyclic) bond motifs is 2. The lowest BCUT2D eigenvalue weighted by atomic mass is 9.90.